The second kappa shape index (κ2) is 7.56. The fourth-order valence-electron chi connectivity index (χ4n) is 4.08. The number of hydrogen-bond acceptors (Lipinski definition) is 4. The fourth-order valence-corrected chi connectivity index (χ4v) is 4.08. The van der Waals surface area contributed by atoms with Crippen molar-refractivity contribution in [2.45, 2.75) is 37.5 Å². The molecule has 0 bridgehead atoms. The third-order valence-electron chi connectivity index (χ3n) is 5.37. The van der Waals surface area contributed by atoms with Gasteiger partial charge in [0.25, 0.3) is 5.91 Å². The molecule has 5 heteroatoms. The topological polar surface area (TPSA) is 54.5 Å². The molecule has 2 saturated heterocycles. The standard InChI is InChI=1S/C21H25N3O2/c25-20(17-6-2-1-3-7-17)23-18-9-13-26-21(14-18)10-12-24(16-21)15-19-8-4-5-11-22-19/h1-8,11,18H,9-10,12-16H2,(H,23,25)/t18-,21-/m0/s1. The quantitative estimate of drug-likeness (QED) is 0.920. The Morgan fingerprint density at radius 3 is 2.88 bits per heavy atom. The average molecular weight is 351 g/mol. The molecule has 2 aliphatic heterocycles. The molecule has 1 aromatic heterocycles. The van der Waals surface area contributed by atoms with Crippen molar-refractivity contribution in [1.29, 1.82) is 0 Å². The first-order chi connectivity index (χ1) is 12.7. The molecule has 1 N–H and O–H groups in total. The Balaban J connectivity index is 1.35. The number of benzene rings is 1. The van der Waals surface area contributed by atoms with Crippen LogP contribution < -0.4 is 5.32 Å². The first-order valence-electron chi connectivity index (χ1n) is 9.35. The molecular weight excluding hydrogens is 326 g/mol. The maximum absolute atomic E-state index is 12.5. The highest BCUT2D eigenvalue weighted by atomic mass is 16.5. The van der Waals surface area contributed by atoms with E-state index < -0.39 is 0 Å². The van der Waals surface area contributed by atoms with Crippen LogP contribution in [-0.4, -0.2) is 47.1 Å². The third kappa shape index (κ3) is 3.94. The Morgan fingerprint density at radius 1 is 1.23 bits per heavy atom. The summed E-state index contributed by atoms with van der Waals surface area (Å²) in [7, 11) is 0. The van der Waals surface area contributed by atoms with Gasteiger partial charge in [-0.1, -0.05) is 24.3 Å². The molecule has 2 fully saturated rings. The number of ether oxygens (including phenoxy) is 1. The van der Waals surface area contributed by atoms with Gasteiger partial charge >= 0.3 is 0 Å². The van der Waals surface area contributed by atoms with Gasteiger partial charge in [-0.25, -0.2) is 0 Å². The lowest BCUT2D eigenvalue weighted by molar-refractivity contribution is -0.0793. The van der Waals surface area contributed by atoms with Crippen molar-refractivity contribution in [3.05, 3.63) is 66.0 Å². The van der Waals surface area contributed by atoms with Crippen LogP contribution in [0.5, 0.6) is 0 Å². The van der Waals surface area contributed by atoms with Gasteiger partial charge in [0.1, 0.15) is 0 Å². The lowest BCUT2D eigenvalue weighted by Gasteiger charge is -2.38. The molecule has 2 aromatic rings. The van der Waals surface area contributed by atoms with Crippen LogP contribution >= 0.6 is 0 Å². The summed E-state index contributed by atoms with van der Waals surface area (Å²) in [5, 5.41) is 3.20. The van der Waals surface area contributed by atoms with Crippen LogP contribution in [-0.2, 0) is 11.3 Å². The molecule has 1 spiro atoms. The summed E-state index contributed by atoms with van der Waals surface area (Å²) in [6.45, 7) is 3.47. The van der Waals surface area contributed by atoms with Gasteiger partial charge in [-0.2, -0.15) is 0 Å². The maximum atomic E-state index is 12.5. The van der Waals surface area contributed by atoms with Gasteiger partial charge in [0, 0.05) is 44.0 Å². The normalized spacial score (nSPS) is 26.1. The van der Waals surface area contributed by atoms with Crippen LogP contribution in [0.15, 0.2) is 54.7 Å². The Labute approximate surface area is 154 Å². The van der Waals surface area contributed by atoms with Crippen LogP contribution in [0.2, 0.25) is 0 Å². The minimum absolute atomic E-state index is 0.0102. The van der Waals surface area contributed by atoms with Crippen LogP contribution in [0.1, 0.15) is 35.3 Å². The number of rotatable bonds is 4. The highest BCUT2D eigenvalue weighted by molar-refractivity contribution is 5.94. The van der Waals surface area contributed by atoms with Crippen molar-refractivity contribution in [3.8, 4) is 0 Å². The summed E-state index contributed by atoms with van der Waals surface area (Å²) in [5.41, 5.74) is 1.67. The maximum Gasteiger partial charge on any atom is 0.251 e. The zero-order valence-corrected chi connectivity index (χ0v) is 14.9. The monoisotopic (exact) mass is 351 g/mol. The molecule has 2 atom stereocenters. The molecule has 26 heavy (non-hydrogen) atoms. The molecule has 0 radical (unpaired) electrons. The van der Waals surface area contributed by atoms with E-state index in [-0.39, 0.29) is 17.6 Å². The molecule has 5 nitrogen and oxygen atoms in total. The third-order valence-corrected chi connectivity index (χ3v) is 5.37. The predicted octanol–water partition coefficient (Wildman–Crippen LogP) is 2.64. The van der Waals surface area contributed by atoms with Crippen molar-refractivity contribution in [2.24, 2.45) is 0 Å². The number of carbonyl (C=O) groups is 1. The van der Waals surface area contributed by atoms with E-state index in [0.717, 1.165) is 50.2 Å². The van der Waals surface area contributed by atoms with Gasteiger partial charge in [-0.15, -0.1) is 0 Å². The minimum Gasteiger partial charge on any atom is -0.373 e. The zero-order valence-electron chi connectivity index (χ0n) is 14.9. The number of nitrogens with one attached hydrogen (secondary N) is 1. The summed E-state index contributed by atoms with van der Waals surface area (Å²) >= 11 is 0. The Hall–Kier alpha value is -2.24. The smallest absolute Gasteiger partial charge is 0.251 e. The van der Waals surface area contributed by atoms with Gasteiger partial charge in [-0.05, 0) is 43.5 Å². The Kier molecular flexibility index (Phi) is 5.00. The van der Waals surface area contributed by atoms with Crippen molar-refractivity contribution < 1.29 is 9.53 Å². The number of hydrogen-bond donors (Lipinski definition) is 1. The molecule has 0 aliphatic carbocycles. The first kappa shape index (κ1) is 17.2. The number of amides is 1. The zero-order chi connectivity index (χ0) is 17.8. The summed E-state index contributed by atoms with van der Waals surface area (Å²) in [4.78, 5) is 19.3. The van der Waals surface area contributed by atoms with E-state index in [4.69, 9.17) is 4.74 Å². The largest absolute Gasteiger partial charge is 0.373 e. The molecule has 0 unspecified atom stereocenters. The van der Waals surface area contributed by atoms with E-state index in [1.807, 2.05) is 48.7 Å². The number of likely N-dealkylation sites (tertiary alicyclic amines) is 1. The van der Waals surface area contributed by atoms with Crippen molar-refractivity contribution in [2.75, 3.05) is 19.7 Å². The molecule has 0 saturated carbocycles. The summed E-state index contributed by atoms with van der Waals surface area (Å²) < 4.78 is 6.20. The molecule has 3 heterocycles. The van der Waals surface area contributed by atoms with Crippen LogP contribution in [0.3, 0.4) is 0 Å². The van der Waals surface area contributed by atoms with E-state index in [1.54, 1.807) is 0 Å². The van der Waals surface area contributed by atoms with Gasteiger partial charge in [0.15, 0.2) is 0 Å². The molecule has 136 valence electrons. The lowest BCUT2D eigenvalue weighted by atomic mass is 9.89. The van der Waals surface area contributed by atoms with Crippen LogP contribution in [0, 0.1) is 0 Å². The number of aromatic nitrogens is 1. The Bertz CT molecular complexity index is 737. The second-order valence-corrected chi connectivity index (χ2v) is 7.34. The van der Waals surface area contributed by atoms with E-state index in [1.165, 1.54) is 0 Å². The molecule has 4 rings (SSSR count). The van der Waals surface area contributed by atoms with E-state index >= 15 is 0 Å². The van der Waals surface area contributed by atoms with E-state index in [2.05, 4.69) is 21.3 Å². The van der Waals surface area contributed by atoms with Crippen LogP contribution in [0.25, 0.3) is 0 Å². The fraction of sp³-hybridized carbons (Fsp3) is 0.429. The predicted molar refractivity (Wildman–Crippen MR) is 99.7 cm³/mol. The molecule has 1 amide bonds. The SMILES string of the molecule is O=C(N[C@H]1CCO[C@@]2(CCN(Cc3ccccn3)C2)C1)c1ccccc1. The van der Waals surface area contributed by atoms with Gasteiger partial charge in [-0.3, -0.25) is 14.7 Å². The summed E-state index contributed by atoms with van der Waals surface area (Å²) in [5.74, 6) is 0.0102. The van der Waals surface area contributed by atoms with Crippen molar-refractivity contribution in [3.63, 3.8) is 0 Å². The molecule has 1 aromatic carbocycles. The Morgan fingerprint density at radius 2 is 2.08 bits per heavy atom. The summed E-state index contributed by atoms with van der Waals surface area (Å²) in [6, 6.07) is 15.6. The molecule has 2 aliphatic rings. The molecular formula is C21H25N3O2. The van der Waals surface area contributed by atoms with Gasteiger partial charge < -0.3 is 10.1 Å². The lowest BCUT2D eigenvalue weighted by Crippen LogP contribution is -2.49. The number of carbonyl (C=O) groups excluding carboxylic acids is 1. The first-order valence-corrected chi connectivity index (χ1v) is 9.35. The van der Waals surface area contributed by atoms with Gasteiger partial charge in [0.2, 0.25) is 0 Å². The van der Waals surface area contributed by atoms with E-state index in [0.29, 0.717) is 6.61 Å². The van der Waals surface area contributed by atoms with Crippen LogP contribution in [0.4, 0.5) is 0 Å². The van der Waals surface area contributed by atoms with Gasteiger partial charge in [0.05, 0.1) is 11.3 Å². The van der Waals surface area contributed by atoms with Crippen molar-refractivity contribution >= 4 is 5.91 Å². The highest BCUT2D eigenvalue weighted by Crippen LogP contribution is 2.34. The average Bonchev–Trinajstić information content (AvgIpc) is 3.05. The number of pyridine rings is 1. The van der Waals surface area contributed by atoms with E-state index in [9.17, 15) is 4.79 Å². The summed E-state index contributed by atoms with van der Waals surface area (Å²) in [6.07, 6.45) is 4.61. The van der Waals surface area contributed by atoms with Crippen molar-refractivity contribution in [1.82, 2.24) is 15.2 Å². The highest BCUT2D eigenvalue weighted by Gasteiger charge is 2.43. The minimum atomic E-state index is -0.137. The second-order valence-electron chi connectivity index (χ2n) is 7.34. The number of nitrogens with zero attached hydrogens (tertiary/aromatic N) is 2.